The average Bonchev–Trinajstić information content (AvgIpc) is 3.18. The van der Waals surface area contributed by atoms with Crippen molar-refractivity contribution in [1.29, 1.82) is 0 Å². The predicted octanol–water partition coefficient (Wildman–Crippen LogP) is 4.48. The Hall–Kier alpha value is -3.17. The maximum Gasteiger partial charge on any atom is 0.251 e. The first-order valence-electron chi connectivity index (χ1n) is 9.66. The summed E-state index contributed by atoms with van der Waals surface area (Å²) in [7, 11) is 0. The molecule has 166 valence electrons. The summed E-state index contributed by atoms with van der Waals surface area (Å²) < 4.78 is 15.1. The monoisotopic (exact) mass is 473 g/mol. The Morgan fingerprint density at radius 3 is 2.69 bits per heavy atom. The van der Waals surface area contributed by atoms with Crippen LogP contribution in [0.1, 0.15) is 29.1 Å². The second kappa shape index (κ2) is 10.9. The normalized spacial score (nSPS) is 11.6. The topological polar surface area (TPSA) is 88.9 Å². The SMILES string of the molecule is C=CCn1c(SCC(=O)Nc2ccc(F)c(Cl)c2)nnc1[C@H](C)NC(=O)c1ccccc1. The van der Waals surface area contributed by atoms with Gasteiger partial charge in [0, 0.05) is 17.8 Å². The molecule has 2 aromatic carbocycles. The number of benzene rings is 2. The van der Waals surface area contributed by atoms with Gasteiger partial charge in [-0.15, -0.1) is 16.8 Å². The minimum atomic E-state index is -0.558. The maximum absolute atomic E-state index is 13.3. The molecule has 2 N–H and O–H groups in total. The van der Waals surface area contributed by atoms with Crippen molar-refractivity contribution in [2.24, 2.45) is 0 Å². The lowest BCUT2D eigenvalue weighted by molar-refractivity contribution is -0.113. The van der Waals surface area contributed by atoms with Crippen molar-refractivity contribution in [1.82, 2.24) is 20.1 Å². The van der Waals surface area contributed by atoms with E-state index in [1.54, 1.807) is 34.9 Å². The number of carbonyl (C=O) groups excluding carboxylic acids is 2. The molecule has 1 aromatic heterocycles. The maximum atomic E-state index is 13.3. The molecule has 0 aliphatic rings. The predicted molar refractivity (Wildman–Crippen MR) is 123 cm³/mol. The highest BCUT2D eigenvalue weighted by Gasteiger charge is 2.20. The first-order valence-corrected chi connectivity index (χ1v) is 11.0. The van der Waals surface area contributed by atoms with Crippen LogP contribution in [0.5, 0.6) is 0 Å². The highest BCUT2D eigenvalue weighted by molar-refractivity contribution is 7.99. The zero-order chi connectivity index (χ0) is 23.1. The van der Waals surface area contributed by atoms with Crippen LogP contribution in [0.3, 0.4) is 0 Å². The van der Waals surface area contributed by atoms with Gasteiger partial charge in [0.1, 0.15) is 5.82 Å². The van der Waals surface area contributed by atoms with Gasteiger partial charge in [0.2, 0.25) is 5.91 Å². The average molecular weight is 474 g/mol. The van der Waals surface area contributed by atoms with Gasteiger partial charge in [0.05, 0.1) is 16.8 Å². The molecule has 3 rings (SSSR count). The van der Waals surface area contributed by atoms with Crippen molar-refractivity contribution in [3.05, 3.63) is 83.4 Å². The summed E-state index contributed by atoms with van der Waals surface area (Å²) in [4.78, 5) is 24.7. The van der Waals surface area contributed by atoms with E-state index in [0.717, 1.165) is 0 Å². The van der Waals surface area contributed by atoms with Crippen LogP contribution in [0.15, 0.2) is 66.3 Å². The summed E-state index contributed by atoms with van der Waals surface area (Å²) in [6, 6.07) is 12.4. The number of nitrogens with one attached hydrogen (secondary N) is 2. The third-order valence-corrected chi connectivity index (χ3v) is 5.62. The van der Waals surface area contributed by atoms with Gasteiger partial charge >= 0.3 is 0 Å². The molecular formula is C22H21ClFN5O2S. The number of amides is 2. The molecule has 0 fully saturated rings. The zero-order valence-corrected chi connectivity index (χ0v) is 18.8. The Morgan fingerprint density at radius 1 is 1.25 bits per heavy atom. The number of aromatic nitrogens is 3. The Bertz CT molecular complexity index is 1120. The lowest BCUT2D eigenvalue weighted by Gasteiger charge is -2.15. The summed E-state index contributed by atoms with van der Waals surface area (Å²) in [5, 5.41) is 14.4. The quantitative estimate of drug-likeness (QED) is 0.353. The molecule has 0 aliphatic heterocycles. The number of allylic oxidation sites excluding steroid dienone is 1. The number of thioether (sulfide) groups is 1. The van der Waals surface area contributed by atoms with Crippen LogP contribution in [0.25, 0.3) is 0 Å². The van der Waals surface area contributed by atoms with Crippen molar-refractivity contribution in [3.63, 3.8) is 0 Å². The van der Waals surface area contributed by atoms with Crippen molar-refractivity contribution >= 4 is 40.9 Å². The van der Waals surface area contributed by atoms with E-state index in [4.69, 9.17) is 11.6 Å². The molecule has 0 saturated heterocycles. The first-order chi connectivity index (χ1) is 15.4. The highest BCUT2D eigenvalue weighted by Crippen LogP contribution is 2.23. The number of nitrogens with zero attached hydrogens (tertiary/aromatic N) is 3. The van der Waals surface area contributed by atoms with Gasteiger partial charge in [-0.3, -0.25) is 9.59 Å². The molecule has 32 heavy (non-hydrogen) atoms. The summed E-state index contributed by atoms with van der Waals surface area (Å²) in [5.74, 6) is -0.495. The molecule has 1 atom stereocenters. The summed E-state index contributed by atoms with van der Waals surface area (Å²) in [5.41, 5.74) is 0.939. The van der Waals surface area contributed by atoms with E-state index in [2.05, 4.69) is 27.4 Å². The lowest BCUT2D eigenvalue weighted by Crippen LogP contribution is -2.28. The third kappa shape index (κ3) is 5.95. The lowest BCUT2D eigenvalue weighted by atomic mass is 10.2. The van der Waals surface area contributed by atoms with E-state index >= 15 is 0 Å². The van der Waals surface area contributed by atoms with E-state index in [9.17, 15) is 14.0 Å². The van der Waals surface area contributed by atoms with Gasteiger partial charge in [-0.2, -0.15) is 0 Å². The molecular weight excluding hydrogens is 453 g/mol. The number of carbonyl (C=O) groups is 2. The van der Waals surface area contributed by atoms with Gasteiger partial charge in [-0.1, -0.05) is 47.6 Å². The fraction of sp³-hybridized carbons (Fsp3) is 0.182. The second-order valence-corrected chi connectivity index (χ2v) is 8.12. The van der Waals surface area contributed by atoms with Crippen LogP contribution in [-0.2, 0) is 11.3 Å². The second-order valence-electron chi connectivity index (χ2n) is 6.77. The molecule has 0 unspecified atom stereocenters. The van der Waals surface area contributed by atoms with Crippen molar-refractivity contribution in [2.45, 2.75) is 24.7 Å². The van der Waals surface area contributed by atoms with E-state index in [1.165, 1.54) is 30.0 Å². The minimum absolute atomic E-state index is 0.0506. The standard InChI is InChI=1S/C22H21ClFN5O2S/c1-3-11-29-20(14(2)25-21(31)15-7-5-4-6-8-15)27-28-22(29)32-13-19(30)26-16-9-10-18(24)17(23)12-16/h3-10,12,14H,1,11,13H2,2H3,(H,25,31)(H,26,30)/t14-/m0/s1. The molecule has 2 amide bonds. The number of hydrogen-bond acceptors (Lipinski definition) is 5. The Balaban J connectivity index is 1.65. The van der Waals surface area contributed by atoms with Gasteiger partial charge in [0.25, 0.3) is 5.91 Å². The number of hydrogen-bond donors (Lipinski definition) is 2. The molecule has 10 heteroatoms. The van der Waals surface area contributed by atoms with Crippen LogP contribution in [0.2, 0.25) is 5.02 Å². The van der Waals surface area contributed by atoms with Crippen LogP contribution in [0, 0.1) is 5.82 Å². The fourth-order valence-corrected chi connectivity index (χ4v) is 3.80. The van der Waals surface area contributed by atoms with Crippen molar-refractivity contribution < 1.29 is 14.0 Å². The van der Waals surface area contributed by atoms with Gasteiger partial charge in [-0.05, 0) is 37.3 Å². The minimum Gasteiger partial charge on any atom is -0.342 e. The van der Waals surface area contributed by atoms with Crippen LogP contribution >= 0.6 is 23.4 Å². The van der Waals surface area contributed by atoms with E-state index in [-0.39, 0.29) is 22.6 Å². The molecule has 0 bridgehead atoms. The van der Waals surface area contributed by atoms with E-state index in [1.807, 2.05) is 13.0 Å². The highest BCUT2D eigenvalue weighted by atomic mass is 35.5. The Labute approximate surface area is 194 Å². The van der Waals surface area contributed by atoms with Crippen molar-refractivity contribution in [3.8, 4) is 0 Å². The fourth-order valence-electron chi connectivity index (χ4n) is 2.86. The Morgan fingerprint density at radius 2 is 2.00 bits per heavy atom. The Kier molecular flexibility index (Phi) is 8.02. The summed E-state index contributed by atoms with van der Waals surface area (Å²) in [6.45, 7) is 5.97. The largest absolute Gasteiger partial charge is 0.342 e. The molecule has 3 aromatic rings. The number of halogens is 2. The first kappa shape index (κ1) is 23.5. The molecule has 1 heterocycles. The zero-order valence-electron chi connectivity index (χ0n) is 17.2. The molecule has 7 nitrogen and oxygen atoms in total. The molecule has 0 saturated carbocycles. The summed E-state index contributed by atoms with van der Waals surface area (Å²) in [6.07, 6.45) is 1.68. The van der Waals surface area contributed by atoms with Crippen molar-refractivity contribution in [2.75, 3.05) is 11.1 Å². The molecule has 0 radical (unpaired) electrons. The van der Waals surface area contributed by atoms with Gasteiger partial charge in [-0.25, -0.2) is 4.39 Å². The smallest absolute Gasteiger partial charge is 0.251 e. The van der Waals surface area contributed by atoms with E-state index < -0.39 is 11.9 Å². The van der Waals surface area contributed by atoms with Gasteiger partial charge < -0.3 is 15.2 Å². The van der Waals surface area contributed by atoms with E-state index in [0.29, 0.717) is 28.8 Å². The molecule has 0 spiro atoms. The molecule has 0 aliphatic carbocycles. The summed E-state index contributed by atoms with van der Waals surface area (Å²) >= 11 is 6.93. The van der Waals surface area contributed by atoms with Crippen LogP contribution in [0.4, 0.5) is 10.1 Å². The van der Waals surface area contributed by atoms with Crippen LogP contribution in [-0.4, -0.2) is 32.3 Å². The number of rotatable bonds is 9. The van der Waals surface area contributed by atoms with Crippen LogP contribution < -0.4 is 10.6 Å². The van der Waals surface area contributed by atoms with Gasteiger partial charge in [0.15, 0.2) is 11.0 Å². The third-order valence-electron chi connectivity index (χ3n) is 4.36. The number of anilines is 1.